The third kappa shape index (κ3) is 40.1. The lowest BCUT2D eigenvalue weighted by Gasteiger charge is -2.21. The molecule has 312 valence electrons. The molecule has 0 bridgehead atoms. The molecule has 0 aromatic rings. The molecule has 5 nitrogen and oxygen atoms in total. The summed E-state index contributed by atoms with van der Waals surface area (Å²) in [6, 6.07) is -0.765. The molecular formula is C48H91NO4. The van der Waals surface area contributed by atoms with E-state index in [1.165, 1.54) is 173 Å². The summed E-state index contributed by atoms with van der Waals surface area (Å²) >= 11 is 0. The highest BCUT2D eigenvalue weighted by Crippen LogP contribution is 2.16. The first-order chi connectivity index (χ1) is 26.0. The van der Waals surface area contributed by atoms with Crippen LogP contribution in [-0.4, -0.2) is 46.1 Å². The first-order valence-electron chi connectivity index (χ1n) is 23.3. The van der Waals surface area contributed by atoms with Crippen molar-refractivity contribution in [1.82, 2.24) is 5.32 Å². The van der Waals surface area contributed by atoms with Crippen molar-refractivity contribution in [3.05, 3.63) is 36.5 Å². The Morgan fingerprint density at radius 1 is 0.472 bits per heavy atom. The summed E-state index contributed by atoms with van der Waals surface area (Å²) in [5.41, 5.74) is 0. The number of amides is 1. The summed E-state index contributed by atoms with van der Waals surface area (Å²) in [5, 5.41) is 33.2. The monoisotopic (exact) mass is 746 g/mol. The molecule has 5 heteroatoms. The van der Waals surface area contributed by atoms with Crippen LogP contribution < -0.4 is 5.32 Å². The van der Waals surface area contributed by atoms with E-state index in [2.05, 4.69) is 43.5 Å². The van der Waals surface area contributed by atoms with Gasteiger partial charge in [-0.2, -0.15) is 0 Å². The van der Waals surface area contributed by atoms with Crippen molar-refractivity contribution in [3.63, 3.8) is 0 Å². The average molecular weight is 746 g/mol. The summed E-state index contributed by atoms with van der Waals surface area (Å²) in [4.78, 5) is 12.4. The van der Waals surface area contributed by atoms with Gasteiger partial charge in [-0.25, -0.2) is 0 Å². The zero-order valence-electron chi connectivity index (χ0n) is 35.4. The lowest BCUT2D eigenvalue weighted by atomic mass is 10.0. The molecule has 0 saturated carbocycles. The van der Waals surface area contributed by atoms with Crippen LogP contribution in [0.4, 0.5) is 0 Å². The third-order valence-electron chi connectivity index (χ3n) is 10.7. The highest BCUT2D eigenvalue weighted by atomic mass is 16.3. The minimum atomic E-state index is -0.958. The molecule has 1 amide bonds. The molecule has 0 aliphatic carbocycles. The number of hydrogen-bond acceptors (Lipinski definition) is 4. The molecule has 0 saturated heterocycles. The van der Waals surface area contributed by atoms with Crippen LogP contribution in [0.1, 0.15) is 239 Å². The van der Waals surface area contributed by atoms with E-state index < -0.39 is 18.2 Å². The third-order valence-corrected chi connectivity index (χ3v) is 10.7. The highest BCUT2D eigenvalue weighted by molar-refractivity contribution is 5.76. The van der Waals surface area contributed by atoms with Crippen LogP contribution in [0.3, 0.4) is 0 Å². The highest BCUT2D eigenvalue weighted by Gasteiger charge is 2.20. The molecular weight excluding hydrogens is 655 g/mol. The van der Waals surface area contributed by atoms with Crippen LogP contribution in [0, 0.1) is 0 Å². The van der Waals surface area contributed by atoms with Gasteiger partial charge < -0.3 is 20.6 Å². The van der Waals surface area contributed by atoms with Crippen molar-refractivity contribution < 1.29 is 20.1 Å². The Kier molecular flexibility index (Phi) is 42.1. The topological polar surface area (TPSA) is 89.8 Å². The number of aliphatic hydroxyl groups excluding tert-OH is 3. The quantitative estimate of drug-likeness (QED) is 0.0370. The lowest BCUT2D eigenvalue weighted by molar-refractivity contribution is -0.124. The molecule has 0 aliphatic heterocycles. The van der Waals surface area contributed by atoms with E-state index in [1.54, 1.807) is 6.08 Å². The molecule has 0 spiro atoms. The molecule has 0 fully saturated rings. The van der Waals surface area contributed by atoms with Gasteiger partial charge in [-0.3, -0.25) is 4.79 Å². The molecule has 4 N–H and O–H groups in total. The number of allylic oxidation sites excluding steroid dienone is 5. The first kappa shape index (κ1) is 51.6. The Hall–Kier alpha value is -1.43. The first-order valence-corrected chi connectivity index (χ1v) is 23.3. The lowest BCUT2D eigenvalue weighted by Crippen LogP contribution is -2.45. The fraction of sp³-hybridized carbons (Fsp3) is 0.854. The zero-order chi connectivity index (χ0) is 38.7. The number of aliphatic hydroxyl groups is 3. The molecule has 0 aromatic carbocycles. The summed E-state index contributed by atoms with van der Waals surface area (Å²) in [6.07, 6.45) is 54.4. The molecule has 3 unspecified atom stereocenters. The summed E-state index contributed by atoms with van der Waals surface area (Å²) in [7, 11) is 0. The van der Waals surface area contributed by atoms with Crippen LogP contribution in [0.25, 0.3) is 0 Å². The minimum Gasteiger partial charge on any atom is -0.394 e. The number of unbranched alkanes of at least 4 members (excludes halogenated alkanes) is 29. The van der Waals surface area contributed by atoms with Gasteiger partial charge in [0.25, 0.3) is 0 Å². The van der Waals surface area contributed by atoms with E-state index in [0.717, 1.165) is 38.5 Å². The van der Waals surface area contributed by atoms with Gasteiger partial charge in [-0.1, -0.05) is 224 Å². The predicted molar refractivity (Wildman–Crippen MR) is 231 cm³/mol. The maximum atomic E-state index is 12.4. The number of carbonyl (C=O) groups excluding carboxylic acids is 1. The van der Waals surface area contributed by atoms with Gasteiger partial charge in [-0.15, -0.1) is 0 Å². The molecule has 0 heterocycles. The van der Waals surface area contributed by atoms with Gasteiger partial charge in [0.05, 0.1) is 31.3 Å². The average Bonchev–Trinajstić information content (AvgIpc) is 3.15. The van der Waals surface area contributed by atoms with Crippen molar-refractivity contribution in [3.8, 4) is 0 Å². The summed E-state index contributed by atoms with van der Waals surface area (Å²) < 4.78 is 0. The zero-order valence-corrected chi connectivity index (χ0v) is 35.4. The van der Waals surface area contributed by atoms with Gasteiger partial charge >= 0.3 is 0 Å². The van der Waals surface area contributed by atoms with Crippen LogP contribution in [0.2, 0.25) is 0 Å². The maximum absolute atomic E-state index is 12.4. The van der Waals surface area contributed by atoms with Gasteiger partial charge in [-0.05, 0) is 44.9 Å². The standard InChI is InChI=1S/C48H91NO4/c1-3-5-7-9-11-13-15-17-18-19-20-21-22-23-24-25-26-27-28-30-32-34-36-38-40-42-47(52)46(44-50)49-48(53)43-45(51)41-39-37-35-33-31-29-16-14-12-10-8-6-4-2/h26-27,32,34,40,42,45-47,50-52H,3-25,28-31,33,35-39,41,43-44H2,1-2H3,(H,49,53)/b27-26+,34-32+,42-40+. The fourth-order valence-corrected chi connectivity index (χ4v) is 7.08. The van der Waals surface area contributed by atoms with Crippen molar-refractivity contribution in [2.45, 2.75) is 257 Å². The van der Waals surface area contributed by atoms with Gasteiger partial charge in [0, 0.05) is 0 Å². The number of rotatable bonds is 42. The molecule has 53 heavy (non-hydrogen) atoms. The number of nitrogens with one attached hydrogen (secondary N) is 1. The van der Waals surface area contributed by atoms with Crippen molar-refractivity contribution in [2.75, 3.05) is 6.61 Å². The molecule has 0 aliphatic rings. The Morgan fingerprint density at radius 3 is 1.21 bits per heavy atom. The number of carbonyl (C=O) groups is 1. The van der Waals surface area contributed by atoms with Gasteiger partial charge in [0.2, 0.25) is 5.91 Å². The SMILES string of the molecule is CCCCCCCCCCCCCCCCC/C=C/CC/C=C/CC/C=C/C(O)C(CO)NC(=O)CC(O)CCCCCCCCCCCCCCC. The second-order valence-corrected chi connectivity index (χ2v) is 16.0. The maximum Gasteiger partial charge on any atom is 0.222 e. The van der Waals surface area contributed by atoms with E-state index in [-0.39, 0.29) is 18.9 Å². The Balaban J connectivity index is 3.69. The van der Waals surface area contributed by atoms with E-state index in [9.17, 15) is 20.1 Å². The summed E-state index contributed by atoms with van der Waals surface area (Å²) in [6.45, 7) is 4.20. The Morgan fingerprint density at radius 2 is 0.811 bits per heavy atom. The normalized spacial score (nSPS) is 13.8. The minimum absolute atomic E-state index is 0.00464. The van der Waals surface area contributed by atoms with Crippen LogP contribution in [0.5, 0.6) is 0 Å². The van der Waals surface area contributed by atoms with E-state index in [1.807, 2.05) is 6.08 Å². The molecule has 0 radical (unpaired) electrons. The van der Waals surface area contributed by atoms with E-state index >= 15 is 0 Å². The van der Waals surface area contributed by atoms with Crippen LogP contribution in [-0.2, 0) is 4.79 Å². The molecule has 0 rings (SSSR count). The fourth-order valence-electron chi connectivity index (χ4n) is 7.08. The smallest absolute Gasteiger partial charge is 0.222 e. The Labute approximate surface area is 330 Å². The van der Waals surface area contributed by atoms with Crippen LogP contribution in [0.15, 0.2) is 36.5 Å². The van der Waals surface area contributed by atoms with Crippen molar-refractivity contribution in [2.24, 2.45) is 0 Å². The summed E-state index contributed by atoms with van der Waals surface area (Å²) in [5.74, 6) is -0.328. The van der Waals surface area contributed by atoms with E-state index in [0.29, 0.717) is 6.42 Å². The Bertz CT molecular complexity index is 824. The van der Waals surface area contributed by atoms with Gasteiger partial charge in [0.1, 0.15) is 0 Å². The largest absolute Gasteiger partial charge is 0.394 e. The second kappa shape index (κ2) is 43.3. The van der Waals surface area contributed by atoms with E-state index in [4.69, 9.17) is 0 Å². The molecule has 0 aromatic heterocycles. The van der Waals surface area contributed by atoms with Gasteiger partial charge in [0.15, 0.2) is 0 Å². The second-order valence-electron chi connectivity index (χ2n) is 16.0. The van der Waals surface area contributed by atoms with Crippen molar-refractivity contribution in [1.29, 1.82) is 0 Å². The van der Waals surface area contributed by atoms with Crippen molar-refractivity contribution >= 4 is 5.91 Å². The predicted octanol–water partition coefficient (Wildman–Crippen LogP) is 13.5. The van der Waals surface area contributed by atoms with Crippen LogP contribution >= 0.6 is 0 Å². The molecule has 3 atom stereocenters. The number of hydrogen-bond donors (Lipinski definition) is 4.